The van der Waals surface area contributed by atoms with Gasteiger partial charge in [-0.2, -0.15) is 4.98 Å². The fourth-order valence-electron chi connectivity index (χ4n) is 3.82. The number of nitrogens with zero attached hydrogens (tertiary/aromatic N) is 4. The minimum atomic E-state index is -2.88. The molecule has 2 aliphatic heterocycles. The molecule has 1 unspecified atom stereocenters. The Labute approximate surface area is 163 Å². The molecule has 0 bridgehead atoms. The lowest BCUT2D eigenvalue weighted by atomic mass is 9.94. The molecule has 4 heterocycles. The lowest BCUT2D eigenvalue weighted by Gasteiger charge is -2.34. The number of amides is 1. The maximum atomic E-state index is 12.5. The largest absolute Gasteiger partial charge is 0.347 e. The SMILES string of the molecule is O=C(NCc1nc(-c2ccccn2)no1)C1CCN(C2CCS(=O)(=O)C2)CC1. The number of pyridine rings is 1. The van der Waals surface area contributed by atoms with Gasteiger partial charge in [0, 0.05) is 18.2 Å². The Kier molecular flexibility index (Phi) is 5.40. The van der Waals surface area contributed by atoms with Gasteiger partial charge in [0.15, 0.2) is 9.84 Å². The Bertz CT molecular complexity index is 922. The number of carbonyl (C=O) groups is 1. The van der Waals surface area contributed by atoms with Crippen LogP contribution in [0.1, 0.15) is 25.2 Å². The highest BCUT2D eigenvalue weighted by Gasteiger charge is 2.35. The van der Waals surface area contributed by atoms with Crippen molar-refractivity contribution >= 4 is 15.7 Å². The Hall–Kier alpha value is -2.33. The van der Waals surface area contributed by atoms with Crippen molar-refractivity contribution in [3.8, 4) is 11.5 Å². The molecule has 2 aliphatic rings. The molecule has 1 N–H and O–H groups in total. The van der Waals surface area contributed by atoms with Gasteiger partial charge >= 0.3 is 0 Å². The third kappa shape index (κ3) is 4.39. The summed E-state index contributed by atoms with van der Waals surface area (Å²) in [5.41, 5.74) is 0.616. The van der Waals surface area contributed by atoms with Gasteiger partial charge in [0.2, 0.25) is 17.6 Å². The molecule has 0 radical (unpaired) electrons. The van der Waals surface area contributed by atoms with Crippen molar-refractivity contribution in [1.29, 1.82) is 0 Å². The summed E-state index contributed by atoms with van der Waals surface area (Å²) in [4.78, 5) is 23.1. The van der Waals surface area contributed by atoms with Gasteiger partial charge in [0.05, 0.1) is 18.1 Å². The van der Waals surface area contributed by atoms with Crippen molar-refractivity contribution in [1.82, 2.24) is 25.3 Å². The molecule has 1 amide bonds. The van der Waals surface area contributed by atoms with E-state index in [1.807, 2.05) is 12.1 Å². The molecular formula is C18H23N5O4S. The van der Waals surface area contributed by atoms with E-state index in [-0.39, 0.29) is 35.9 Å². The van der Waals surface area contributed by atoms with E-state index in [2.05, 4.69) is 25.3 Å². The van der Waals surface area contributed by atoms with Crippen molar-refractivity contribution in [3.63, 3.8) is 0 Å². The lowest BCUT2D eigenvalue weighted by molar-refractivity contribution is -0.126. The molecule has 2 aromatic heterocycles. The molecule has 0 aromatic carbocycles. The molecule has 2 fully saturated rings. The van der Waals surface area contributed by atoms with Crippen LogP contribution in [0.2, 0.25) is 0 Å². The summed E-state index contributed by atoms with van der Waals surface area (Å²) >= 11 is 0. The first-order chi connectivity index (χ1) is 13.5. The van der Waals surface area contributed by atoms with Gasteiger partial charge < -0.3 is 9.84 Å². The first kappa shape index (κ1) is 19.0. The average molecular weight is 405 g/mol. The molecule has 28 heavy (non-hydrogen) atoms. The van der Waals surface area contributed by atoms with Crippen LogP contribution in [-0.4, -0.2) is 65.0 Å². The van der Waals surface area contributed by atoms with Crippen molar-refractivity contribution in [2.45, 2.75) is 31.8 Å². The monoisotopic (exact) mass is 405 g/mol. The van der Waals surface area contributed by atoms with Crippen LogP contribution in [0.3, 0.4) is 0 Å². The average Bonchev–Trinajstić information content (AvgIpc) is 3.33. The fourth-order valence-corrected chi connectivity index (χ4v) is 5.58. The molecule has 2 saturated heterocycles. The van der Waals surface area contributed by atoms with E-state index >= 15 is 0 Å². The number of piperidine rings is 1. The molecule has 10 heteroatoms. The minimum absolute atomic E-state index is 0.0312. The van der Waals surface area contributed by atoms with Crippen molar-refractivity contribution in [2.75, 3.05) is 24.6 Å². The molecule has 9 nitrogen and oxygen atoms in total. The van der Waals surface area contributed by atoms with Gasteiger partial charge in [-0.25, -0.2) is 8.42 Å². The van der Waals surface area contributed by atoms with Crippen LogP contribution in [0, 0.1) is 5.92 Å². The second kappa shape index (κ2) is 7.96. The van der Waals surface area contributed by atoms with Crippen LogP contribution in [0.4, 0.5) is 0 Å². The number of hydrogen-bond donors (Lipinski definition) is 1. The number of hydrogen-bond acceptors (Lipinski definition) is 8. The van der Waals surface area contributed by atoms with Gasteiger partial charge in [0.1, 0.15) is 5.69 Å². The van der Waals surface area contributed by atoms with Crippen LogP contribution in [-0.2, 0) is 21.2 Å². The second-order valence-corrected chi connectivity index (χ2v) is 9.54. The third-order valence-corrected chi connectivity index (χ3v) is 7.15. The maximum Gasteiger partial charge on any atom is 0.246 e. The van der Waals surface area contributed by atoms with Crippen LogP contribution in [0.15, 0.2) is 28.9 Å². The van der Waals surface area contributed by atoms with Crippen molar-refractivity contribution in [3.05, 3.63) is 30.3 Å². The van der Waals surface area contributed by atoms with Crippen molar-refractivity contribution in [2.24, 2.45) is 5.92 Å². The Morgan fingerprint density at radius 2 is 2.07 bits per heavy atom. The molecule has 150 valence electrons. The predicted molar refractivity (Wildman–Crippen MR) is 101 cm³/mol. The van der Waals surface area contributed by atoms with Crippen LogP contribution in [0.5, 0.6) is 0 Å². The molecule has 4 rings (SSSR count). The predicted octanol–water partition coefficient (Wildman–Crippen LogP) is 0.647. The quantitative estimate of drug-likeness (QED) is 0.770. The third-order valence-electron chi connectivity index (χ3n) is 5.40. The van der Waals surface area contributed by atoms with Gasteiger partial charge in [0.25, 0.3) is 0 Å². The summed E-state index contributed by atoms with van der Waals surface area (Å²) < 4.78 is 28.5. The standard InChI is InChI=1S/C18H23N5O4S/c24-18(13-4-8-23(9-5-13)14-6-10-28(25,26)12-14)20-11-16-21-17(22-27-16)15-3-1-2-7-19-15/h1-3,7,13-14H,4-6,8-12H2,(H,20,24). The Morgan fingerprint density at radius 1 is 1.25 bits per heavy atom. The highest BCUT2D eigenvalue weighted by Crippen LogP contribution is 2.24. The minimum Gasteiger partial charge on any atom is -0.347 e. The molecule has 0 saturated carbocycles. The normalized spacial score (nSPS) is 22.9. The number of likely N-dealkylation sites (tertiary alicyclic amines) is 1. The Morgan fingerprint density at radius 3 is 2.75 bits per heavy atom. The zero-order valence-electron chi connectivity index (χ0n) is 15.5. The summed E-state index contributed by atoms with van der Waals surface area (Å²) in [5, 5.41) is 6.75. The summed E-state index contributed by atoms with van der Waals surface area (Å²) in [6.07, 6.45) is 3.81. The summed E-state index contributed by atoms with van der Waals surface area (Å²) in [6.45, 7) is 1.69. The number of nitrogens with one attached hydrogen (secondary N) is 1. The topological polar surface area (TPSA) is 118 Å². The molecule has 2 aromatic rings. The molecule has 1 atom stereocenters. The molecule has 0 aliphatic carbocycles. The van der Waals surface area contributed by atoms with E-state index in [0.29, 0.717) is 23.8 Å². The van der Waals surface area contributed by atoms with E-state index in [0.717, 1.165) is 25.9 Å². The van der Waals surface area contributed by atoms with E-state index in [1.54, 1.807) is 12.3 Å². The van der Waals surface area contributed by atoms with Crippen LogP contribution in [0.25, 0.3) is 11.5 Å². The summed E-state index contributed by atoms with van der Waals surface area (Å²) in [5.74, 6) is 1.15. The first-order valence-corrected chi connectivity index (χ1v) is 11.3. The van der Waals surface area contributed by atoms with E-state index in [4.69, 9.17) is 4.52 Å². The van der Waals surface area contributed by atoms with Gasteiger partial charge in [-0.05, 0) is 44.5 Å². The summed E-state index contributed by atoms with van der Waals surface area (Å²) in [6, 6.07) is 5.54. The number of carbonyl (C=O) groups excluding carboxylic acids is 1. The van der Waals surface area contributed by atoms with E-state index in [1.165, 1.54) is 0 Å². The van der Waals surface area contributed by atoms with E-state index in [9.17, 15) is 13.2 Å². The zero-order chi connectivity index (χ0) is 19.6. The molecule has 0 spiro atoms. The van der Waals surface area contributed by atoms with Gasteiger partial charge in [-0.3, -0.25) is 14.7 Å². The maximum absolute atomic E-state index is 12.5. The second-order valence-electron chi connectivity index (χ2n) is 7.31. The van der Waals surface area contributed by atoms with Gasteiger partial charge in [-0.15, -0.1) is 0 Å². The molecular weight excluding hydrogens is 382 g/mol. The summed E-state index contributed by atoms with van der Waals surface area (Å²) in [7, 11) is -2.88. The highest BCUT2D eigenvalue weighted by atomic mass is 32.2. The highest BCUT2D eigenvalue weighted by molar-refractivity contribution is 7.91. The zero-order valence-corrected chi connectivity index (χ0v) is 16.3. The van der Waals surface area contributed by atoms with Crippen LogP contribution < -0.4 is 5.32 Å². The first-order valence-electron chi connectivity index (χ1n) is 9.46. The fraction of sp³-hybridized carbons (Fsp3) is 0.556. The number of sulfone groups is 1. The smallest absolute Gasteiger partial charge is 0.246 e. The Balaban J connectivity index is 1.25. The van der Waals surface area contributed by atoms with Gasteiger partial charge in [-0.1, -0.05) is 11.2 Å². The lowest BCUT2D eigenvalue weighted by Crippen LogP contribution is -2.45. The van der Waals surface area contributed by atoms with E-state index < -0.39 is 9.84 Å². The van der Waals surface area contributed by atoms with Crippen LogP contribution >= 0.6 is 0 Å². The number of rotatable bonds is 5. The number of aromatic nitrogens is 3. The van der Waals surface area contributed by atoms with Crippen molar-refractivity contribution < 1.29 is 17.7 Å².